The minimum absolute atomic E-state index is 0.763. The maximum absolute atomic E-state index is 11.4. The number of esters is 1. The van der Waals surface area contributed by atoms with Crippen LogP contribution in [0.3, 0.4) is 0 Å². The first-order chi connectivity index (χ1) is 6.73. The van der Waals surface area contributed by atoms with E-state index in [0.717, 1.165) is 0 Å². The maximum Gasteiger partial charge on any atom is 0.341 e. The zero-order valence-corrected chi connectivity index (χ0v) is 9.07. The van der Waals surface area contributed by atoms with Gasteiger partial charge < -0.3 is 19.3 Å². The van der Waals surface area contributed by atoms with Gasteiger partial charge in [0, 0.05) is 0 Å². The van der Waals surface area contributed by atoms with Crippen molar-refractivity contribution in [1.29, 1.82) is 0 Å². The number of aliphatic carboxylic acids is 1. The first-order valence-electron chi connectivity index (χ1n) is 4.42. The zero-order chi connectivity index (χ0) is 11.9. The summed E-state index contributed by atoms with van der Waals surface area (Å²) in [5.74, 6) is -3.14. The van der Waals surface area contributed by atoms with Crippen LogP contribution >= 0.6 is 0 Å². The Labute approximate surface area is 87.1 Å². The Hall–Kier alpha value is -1.14. The van der Waals surface area contributed by atoms with Crippen molar-refractivity contribution in [2.75, 3.05) is 7.11 Å². The smallest absolute Gasteiger partial charge is 0.341 e. The molecule has 1 saturated heterocycles. The van der Waals surface area contributed by atoms with E-state index in [1.807, 2.05) is 0 Å². The molecule has 0 bridgehead atoms. The molecule has 15 heavy (non-hydrogen) atoms. The molecule has 0 radical (unpaired) electrons. The van der Waals surface area contributed by atoms with E-state index in [4.69, 9.17) is 14.6 Å². The zero-order valence-electron chi connectivity index (χ0n) is 9.07. The third kappa shape index (κ3) is 1.95. The predicted octanol–water partition coefficient (Wildman–Crippen LogP) is 0.154. The van der Waals surface area contributed by atoms with Gasteiger partial charge in [-0.25, -0.2) is 9.59 Å². The second-order valence-electron chi connectivity index (χ2n) is 3.94. The lowest BCUT2D eigenvalue weighted by molar-refractivity contribution is -0.184. The summed E-state index contributed by atoms with van der Waals surface area (Å²) in [6.45, 7) is 4.42. The third-order valence-corrected chi connectivity index (χ3v) is 2.17. The van der Waals surface area contributed by atoms with E-state index in [2.05, 4.69) is 4.74 Å². The van der Waals surface area contributed by atoms with E-state index in [1.165, 1.54) is 27.9 Å². The molecule has 0 aromatic heterocycles. The fourth-order valence-corrected chi connectivity index (χ4v) is 1.62. The molecule has 1 N–H and O–H groups in total. The van der Waals surface area contributed by atoms with Gasteiger partial charge in [0.15, 0.2) is 11.9 Å². The maximum atomic E-state index is 11.4. The molecule has 0 aromatic rings. The monoisotopic (exact) mass is 218 g/mol. The van der Waals surface area contributed by atoms with E-state index in [1.54, 1.807) is 0 Å². The average molecular weight is 218 g/mol. The molecule has 1 rings (SSSR count). The van der Waals surface area contributed by atoms with Crippen LogP contribution in [0.5, 0.6) is 0 Å². The van der Waals surface area contributed by atoms with Crippen molar-refractivity contribution in [3.8, 4) is 0 Å². The van der Waals surface area contributed by atoms with Gasteiger partial charge in [-0.05, 0) is 20.8 Å². The molecule has 0 spiro atoms. The molecule has 2 atom stereocenters. The summed E-state index contributed by atoms with van der Waals surface area (Å²) < 4.78 is 14.9. The Balaban J connectivity index is 3.05. The van der Waals surface area contributed by atoms with Crippen LogP contribution in [-0.4, -0.2) is 41.6 Å². The fourth-order valence-electron chi connectivity index (χ4n) is 1.62. The van der Waals surface area contributed by atoms with Gasteiger partial charge in [0.2, 0.25) is 5.60 Å². The number of methoxy groups -OCH3 is 1. The van der Waals surface area contributed by atoms with Crippen molar-refractivity contribution >= 4 is 11.9 Å². The molecule has 6 nitrogen and oxygen atoms in total. The highest BCUT2D eigenvalue weighted by Gasteiger charge is 2.59. The highest BCUT2D eigenvalue weighted by atomic mass is 16.8. The van der Waals surface area contributed by atoms with Crippen LogP contribution in [0.2, 0.25) is 0 Å². The summed E-state index contributed by atoms with van der Waals surface area (Å²) in [7, 11) is 1.17. The van der Waals surface area contributed by atoms with Gasteiger partial charge in [0.05, 0.1) is 7.11 Å². The second-order valence-corrected chi connectivity index (χ2v) is 3.94. The Morgan fingerprint density at radius 1 is 1.33 bits per heavy atom. The lowest BCUT2D eigenvalue weighted by Gasteiger charge is -2.23. The molecular weight excluding hydrogens is 204 g/mol. The standard InChI is InChI=1S/C9H14O6/c1-8(2)14-5(6(10)11)9(3,15-8)7(12)13-4/h5H,1-4H3,(H,10,11). The first-order valence-corrected chi connectivity index (χ1v) is 4.42. The second kappa shape index (κ2) is 3.46. The number of hydrogen-bond donors (Lipinski definition) is 1. The summed E-state index contributed by atoms with van der Waals surface area (Å²) in [6, 6.07) is 0. The van der Waals surface area contributed by atoms with Gasteiger partial charge in [0.25, 0.3) is 0 Å². The summed E-state index contributed by atoms with van der Waals surface area (Å²) in [5, 5.41) is 8.91. The molecule has 1 fully saturated rings. The van der Waals surface area contributed by atoms with Gasteiger partial charge >= 0.3 is 11.9 Å². The van der Waals surface area contributed by atoms with E-state index < -0.39 is 29.4 Å². The summed E-state index contributed by atoms with van der Waals surface area (Å²) in [4.78, 5) is 22.4. The number of ether oxygens (including phenoxy) is 3. The molecule has 1 aliphatic rings. The van der Waals surface area contributed by atoms with Crippen molar-refractivity contribution in [2.45, 2.75) is 38.3 Å². The van der Waals surface area contributed by atoms with Crippen LogP contribution in [0.15, 0.2) is 0 Å². The van der Waals surface area contributed by atoms with Crippen LogP contribution < -0.4 is 0 Å². The van der Waals surface area contributed by atoms with E-state index in [0.29, 0.717) is 0 Å². The molecule has 2 unspecified atom stereocenters. The van der Waals surface area contributed by atoms with Crippen LogP contribution in [0.1, 0.15) is 20.8 Å². The SMILES string of the molecule is COC(=O)C1(C)OC(C)(C)OC1C(=O)O. The van der Waals surface area contributed by atoms with Gasteiger partial charge in [-0.15, -0.1) is 0 Å². The molecule has 0 aliphatic carbocycles. The van der Waals surface area contributed by atoms with Crippen LogP contribution in [0.25, 0.3) is 0 Å². The van der Waals surface area contributed by atoms with Gasteiger partial charge in [-0.1, -0.05) is 0 Å². The minimum atomic E-state index is -1.61. The normalized spacial score (nSPS) is 33.7. The third-order valence-electron chi connectivity index (χ3n) is 2.17. The largest absolute Gasteiger partial charge is 0.479 e. The van der Waals surface area contributed by atoms with Crippen LogP contribution in [-0.2, 0) is 23.8 Å². The summed E-state index contributed by atoms with van der Waals surface area (Å²) >= 11 is 0. The average Bonchev–Trinajstić information content (AvgIpc) is 2.36. The molecule has 1 heterocycles. The van der Waals surface area contributed by atoms with Crippen molar-refractivity contribution < 1.29 is 28.9 Å². The Morgan fingerprint density at radius 2 is 1.87 bits per heavy atom. The van der Waals surface area contributed by atoms with Crippen molar-refractivity contribution in [3.63, 3.8) is 0 Å². The number of carbonyl (C=O) groups is 2. The van der Waals surface area contributed by atoms with Crippen LogP contribution in [0, 0.1) is 0 Å². The Bertz CT molecular complexity index is 297. The number of hydrogen-bond acceptors (Lipinski definition) is 5. The predicted molar refractivity (Wildman–Crippen MR) is 48.1 cm³/mol. The molecule has 0 aromatic carbocycles. The minimum Gasteiger partial charge on any atom is -0.479 e. The quantitative estimate of drug-likeness (QED) is 0.664. The number of carboxylic acid groups (broad SMARTS) is 1. The van der Waals surface area contributed by atoms with E-state index in [-0.39, 0.29) is 0 Å². The number of rotatable bonds is 2. The van der Waals surface area contributed by atoms with Gasteiger partial charge in [0.1, 0.15) is 0 Å². The van der Waals surface area contributed by atoms with Crippen molar-refractivity contribution in [3.05, 3.63) is 0 Å². The van der Waals surface area contributed by atoms with Gasteiger partial charge in [-0.2, -0.15) is 0 Å². The first kappa shape index (κ1) is 11.9. The number of carbonyl (C=O) groups excluding carboxylic acids is 1. The Kier molecular flexibility index (Phi) is 2.75. The fraction of sp³-hybridized carbons (Fsp3) is 0.778. The van der Waals surface area contributed by atoms with E-state index in [9.17, 15) is 9.59 Å². The molecule has 86 valence electrons. The number of carboxylic acids is 1. The summed E-state index contributed by atoms with van der Waals surface area (Å²) in [5.41, 5.74) is -1.61. The summed E-state index contributed by atoms with van der Waals surface area (Å²) in [6.07, 6.45) is -1.36. The lowest BCUT2D eigenvalue weighted by atomic mass is 10.00. The molecule has 1 aliphatic heterocycles. The topological polar surface area (TPSA) is 82.1 Å². The molecular formula is C9H14O6. The van der Waals surface area contributed by atoms with Crippen LogP contribution in [0.4, 0.5) is 0 Å². The molecule has 0 amide bonds. The van der Waals surface area contributed by atoms with E-state index >= 15 is 0 Å². The highest BCUT2D eigenvalue weighted by molar-refractivity contribution is 5.88. The lowest BCUT2D eigenvalue weighted by Crippen LogP contribution is -2.49. The van der Waals surface area contributed by atoms with Gasteiger partial charge in [-0.3, -0.25) is 0 Å². The highest BCUT2D eigenvalue weighted by Crippen LogP contribution is 2.37. The Morgan fingerprint density at radius 3 is 2.27 bits per heavy atom. The molecule has 0 saturated carbocycles. The van der Waals surface area contributed by atoms with Crippen molar-refractivity contribution in [2.24, 2.45) is 0 Å². The molecule has 6 heteroatoms. The van der Waals surface area contributed by atoms with Crippen molar-refractivity contribution in [1.82, 2.24) is 0 Å².